The third-order valence-corrected chi connectivity index (χ3v) is 3.64. The van der Waals surface area contributed by atoms with Gasteiger partial charge in [0.25, 0.3) is 0 Å². The van der Waals surface area contributed by atoms with Crippen molar-refractivity contribution in [2.75, 3.05) is 25.5 Å². The lowest BCUT2D eigenvalue weighted by Gasteiger charge is -2.32. The first-order valence-corrected chi connectivity index (χ1v) is 6.37. The lowest BCUT2D eigenvalue weighted by atomic mass is 10.0. The molecule has 1 aliphatic heterocycles. The monoisotopic (exact) mass is 236 g/mol. The predicted octanol–water partition coefficient (Wildman–Crippen LogP) is 3.03. The maximum absolute atomic E-state index is 13.0. The van der Waals surface area contributed by atoms with Crippen LogP contribution < -0.4 is 5.32 Å². The number of likely N-dealkylation sites (tertiary alicyclic amines) is 1. The summed E-state index contributed by atoms with van der Waals surface area (Å²) in [5, 5.41) is 3.43. The number of aryl methyl sites for hydroxylation is 1. The molecule has 2 rings (SSSR count). The molecule has 0 saturated carbocycles. The molecule has 1 heterocycles. The first kappa shape index (κ1) is 12.4. The van der Waals surface area contributed by atoms with Gasteiger partial charge in [-0.1, -0.05) is 6.42 Å². The second kappa shape index (κ2) is 5.50. The fourth-order valence-corrected chi connectivity index (χ4v) is 2.46. The van der Waals surface area contributed by atoms with Crippen LogP contribution >= 0.6 is 0 Å². The third kappa shape index (κ3) is 3.19. The summed E-state index contributed by atoms with van der Waals surface area (Å²) >= 11 is 0. The van der Waals surface area contributed by atoms with Gasteiger partial charge in [0.15, 0.2) is 0 Å². The quantitative estimate of drug-likeness (QED) is 0.867. The maximum atomic E-state index is 13.0. The number of nitrogens with zero attached hydrogens (tertiary/aromatic N) is 1. The topological polar surface area (TPSA) is 15.3 Å². The zero-order chi connectivity index (χ0) is 12.3. The molecule has 0 bridgehead atoms. The van der Waals surface area contributed by atoms with Crippen LogP contribution in [0.4, 0.5) is 10.1 Å². The average Bonchev–Trinajstić information content (AvgIpc) is 2.30. The lowest BCUT2D eigenvalue weighted by molar-refractivity contribution is 0.194. The molecule has 1 saturated heterocycles. The number of nitrogens with one attached hydrogen (secondary N) is 1. The zero-order valence-corrected chi connectivity index (χ0v) is 10.7. The Labute approximate surface area is 103 Å². The molecule has 1 aromatic rings. The third-order valence-electron chi connectivity index (χ3n) is 3.64. The number of likely N-dealkylation sites (N-methyl/N-ethyl adjacent to an activating group) is 1. The molecule has 1 unspecified atom stereocenters. The molecule has 94 valence electrons. The van der Waals surface area contributed by atoms with Gasteiger partial charge in [-0.3, -0.25) is 0 Å². The highest BCUT2D eigenvalue weighted by Gasteiger charge is 2.18. The van der Waals surface area contributed by atoms with Crippen LogP contribution in [0.3, 0.4) is 0 Å². The summed E-state index contributed by atoms with van der Waals surface area (Å²) in [5.74, 6) is -0.164. The highest BCUT2D eigenvalue weighted by atomic mass is 19.1. The molecule has 17 heavy (non-hydrogen) atoms. The van der Waals surface area contributed by atoms with Crippen molar-refractivity contribution in [3.8, 4) is 0 Å². The standard InChI is InChI=1S/C14H21FN2/c1-11-9-12(15)6-7-14(11)16-10-13-5-3-4-8-17(13)2/h6-7,9,13,16H,3-5,8,10H2,1-2H3. The van der Waals surface area contributed by atoms with Crippen LogP contribution in [0.1, 0.15) is 24.8 Å². The number of hydrogen-bond acceptors (Lipinski definition) is 2. The van der Waals surface area contributed by atoms with Crippen molar-refractivity contribution in [2.45, 2.75) is 32.2 Å². The number of benzene rings is 1. The molecular formula is C14H21FN2. The molecule has 2 nitrogen and oxygen atoms in total. The summed E-state index contributed by atoms with van der Waals surface area (Å²) in [6.45, 7) is 4.08. The Morgan fingerprint density at radius 2 is 2.24 bits per heavy atom. The van der Waals surface area contributed by atoms with Gasteiger partial charge in [-0.2, -0.15) is 0 Å². The fourth-order valence-electron chi connectivity index (χ4n) is 2.46. The van der Waals surface area contributed by atoms with Crippen molar-refractivity contribution in [3.63, 3.8) is 0 Å². The van der Waals surface area contributed by atoms with E-state index in [0.29, 0.717) is 6.04 Å². The molecule has 3 heteroatoms. The van der Waals surface area contributed by atoms with Gasteiger partial charge >= 0.3 is 0 Å². The van der Waals surface area contributed by atoms with Gasteiger partial charge in [-0.15, -0.1) is 0 Å². The molecule has 0 aliphatic carbocycles. The number of piperidine rings is 1. The minimum atomic E-state index is -0.164. The fraction of sp³-hybridized carbons (Fsp3) is 0.571. The zero-order valence-electron chi connectivity index (χ0n) is 10.7. The summed E-state index contributed by atoms with van der Waals surface area (Å²) in [6, 6.07) is 5.52. The Balaban J connectivity index is 1.92. The number of hydrogen-bond donors (Lipinski definition) is 1. The van der Waals surface area contributed by atoms with E-state index in [1.165, 1.54) is 31.9 Å². The molecule has 1 aliphatic rings. The van der Waals surface area contributed by atoms with Gasteiger partial charge in [-0.25, -0.2) is 4.39 Å². The largest absolute Gasteiger partial charge is 0.383 e. The van der Waals surface area contributed by atoms with Crippen molar-refractivity contribution in [1.82, 2.24) is 4.90 Å². The van der Waals surface area contributed by atoms with Crippen LogP contribution in [0.2, 0.25) is 0 Å². The van der Waals surface area contributed by atoms with Gasteiger partial charge in [0, 0.05) is 18.3 Å². The van der Waals surface area contributed by atoms with E-state index in [4.69, 9.17) is 0 Å². The second-order valence-electron chi connectivity index (χ2n) is 4.97. The summed E-state index contributed by atoms with van der Waals surface area (Å²) < 4.78 is 13.0. The first-order chi connectivity index (χ1) is 8.16. The maximum Gasteiger partial charge on any atom is 0.123 e. The molecule has 0 spiro atoms. The van der Waals surface area contributed by atoms with Gasteiger partial charge in [0.1, 0.15) is 5.82 Å². The van der Waals surface area contributed by atoms with E-state index in [2.05, 4.69) is 17.3 Å². The van der Waals surface area contributed by atoms with E-state index in [1.54, 1.807) is 6.07 Å². The van der Waals surface area contributed by atoms with Crippen molar-refractivity contribution in [2.24, 2.45) is 0 Å². The van der Waals surface area contributed by atoms with Crippen molar-refractivity contribution in [3.05, 3.63) is 29.6 Å². The molecule has 1 aromatic carbocycles. The van der Waals surface area contributed by atoms with Crippen LogP contribution in [-0.4, -0.2) is 31.1 Å². The van der Waals surface area contributed by atoms with E-state index in [1.807, 2.05) is 13.0 Å². The van der Waals surface area contributed by atoms with E-state index in [-0.39, 0.29) is 5.82 Å². The lowest BCUT2D eigenvalue weighted by Crippen LogP contribution is -2.40. The average molecular weight is 236 g/mol. The summed E-state index contributed by atoms with van der Waals surface area (Å²) in [6.07, 6.45) is 3.88. The molecule has 0 amide bonds. The Kier molecular flexibility index (Phi) is 4.00. The van der Waals surface area contributed by atoms with E-state index >= 15 is 0 Å². The number of halogens is 1. The Hall–Kier alpha value is -1.09. The highest BCUT2D eigenvalue weighted by Crippen LogP contribution is 2.19. The summed E-state index contributed by atoms with van der Waals surface area (Å²) in [4.78, 5) is 2.41. The van der Waals surface area contributed by atoms with E-state index < -0.39 is 0 Å². The van der Waals surface area contributed by atoms with Crippen LogP contribution in [0, 0.1) is 12.7 Å². The van der Waals surface area contributed by atoms with Crippen LogP contribution in [-0.2, 0) is 0 Å². The Morgan fingerprint density at radius 1 is 1.41 bits per heavy atom. The first-order valence-electron chi connectivity index (χ1n) is 6.37. The smallest absolute Gasteiger partial charge is 0.123 e. The minimum absolute atomic E-state index is 0.164. The van der Waals surface area contributed by atoms with E-state index in [9.17, 15) is 4.39 Å². The molecule has 1 N–H and O–H groups in total. The predicted molar refractivity (Wildman–Crippen MR) is 69.9 cm³/mol. The normalized spacial score (nSPS) is 21.5. The molecule has 0 aromatic heterocycles. The van der Waals surface area contributed by atoms with Crippen LogP contribution in [0.15, 0.2) is 18.2 Å². The Morgan fingerprint density at radius 3 is 2.94 bits per heavy atom. The second-order valence-corrected chi connectivity index (χ2v) is 4.97. The number of rotatable bonds is 3. The van der Waals surface area contributed by atoms with Gasteiger partial charge in [0.2, 0.25) is 0 Å². The van der Waals surface area contributed by atoms with Gasteiger partial charge in [0.05, 0.1) is 0 Å². The summed E-state index contributed by atoms with van der Waals surface area (Å²) in [7, 11) is 2.18. The molecular weight excluding hydrogens is 215 g/mol. The van der Waals surface area contributed by atoms with Crippen molar-refractivity contribution < 1.29 is 4.39 Å². The van der Waals surface area contributed by atoms with Gasteiger partial charge in [-0.05, 0) is 57.1 Å². The Bertz CT molecular complexity index is 378. The van der Waals surface area contributed by atoms with Crippen molar-refractivity contribution >= 4 is 5.69 Å². The highest BCUT2D eigenvalue weighted by molar-refractivity contribution is 5.50. The van der Waals surface area contributed by atoms with E-state index in [0.717, 1.165) is 17.8 Å². The SMILES string of the molecule is Cc1cc(F)ccc1NCC1CCCCN1C. The summed E-state index contributed by atoms with van der Waals surface area (Å²) in [5.41, 5.74) is 2.02. The molecule has 1 atom stereocenters. The molecule has 0 radical (unpaired) electrons. The molecule has 1 fully saturated rings. The van der Waals surface area contributed by atoms with Crippen LogP contribution in [0.25, 0.3) is 0 Å². The van der Waals surface area contributed by atoms with Gasteiger partial charge < -0.3 is 10.2 Å². The van der Waals surface area contributed by atoms with Crippen molar-refractivity contribution in [1.29, 1.82) is 0 Å². The number of anilines is 1. The van der Waals surface area contributed by atoms with Crippen LogP contribution in [0.5, 0.6) is 0 Å². The minimum Gasteiger partial charge on any atom is -0.383 e.